The molecule has 2 aliphatic rings. The lowest BCUT2D eigenvalue weighted by Crippen LogP contribution is -2.34. The zero-order chi connectivity index (χ0) is 23.1. The van der Waals surface area contributed by atoms with Crippen LogP contribution in [0.5, 0.6) is 0 Å². The van der Waals surface area contributed by atoms with Crippen LogP contribution >= 0.6 is 12.2 Å². The maximum atomic E-state index is 4.70. The molecular weight excluding hydrogens is 418 g/mol. The molecule has 0 atom stereocenters. The van der Waals surface area contributed by atoms with E-state index in [1.807, 2.05) is 18.2 Å². The Balaban J connectivity index is 1.46. The second-order valence-corrected chi connectivity index (χ2v) is 10.5. The molecule has 0 aromatic heterocycles. The van der Waals surface area contributed by atoms with E-state index in [1.54, 1.807) is 0 Å². The van der Waals surface area contributed by atoms with E-state index >= 15 is 0 Å². The largest absolute Gasteiger partial charge is 0.195 e. The molecule has 0 amide bonds. The summed E-state index contributed by atoms with van der Waals surface area (Å²) in [7, 11) is 0. The van der Waals surface area contributed by atoms with Gasteiger partial charge >= 0.3 is 0 Å². The molecule has 0 aliphatic heterocycles. The number of isothiocyanates is 1. The Labute approximate surface area is 206 Å². The van der Waals surface area contributed by atoms with Gasteiger partial charge in [-0.05, 0) is 110 Å². The second kappa shape index (κ2) is 11.3. The Morgan fingerprint density at radius 2 is 1.61 bits per heavy atom. The lowest BCUT2D eigenvalue weighted by Gasteiger charge is -2.44. The maximum absolute atomic E-state index is 4.70. The molecule has 4 rings (SSSR count). The number of nitrogens with zero attached hydrogens (tertiary/aromatic N) is 1. The van der Waals surface area contributed by atoms with Crippen LogP contribution in [0.25, 0.3) is 0 Å². The number of thiocarbonyl (C=S) groups is 1. The summed E-state index contributed by atoms with van der Waals surface area (Å²) >= 11 is 4.70. The average molecular weight is 456 g/mol. The van der Waals surface area contributed by atoms with Gasteiger partial charge in [0, 0.05) is 11.1 Å². The van der Waals surface area contributed by atoms with Gasteiger partial charge in [-0.25, -0.2) is 0 Å². The minimum atomic E-state index is 0.376. The highest BCUT2D eigenvalue weighted by Crippen LogP contribution is 2.48. The summed E-state index contributed by atoms with van der Waals surface area (Å²) in [5.41, 5.74) is 5.97. The first-order valence-electron chi connectivity index (χ1n) is 12.9. The fourth-order valence-corrected chi connectivity index (χ4v) is 6.49. The van der Waals surface area contributed by atoms with Crippen LogP contribution in [-0.4, -0.2) is 5.16 Å². The summed E-state index contributed by atoms with van der Waals surface area (Å²) in [6.45, 7) is 4.41. The topological polar surface area (TPSA) is 12.4 Å². The van der Waals surface area contributed by atoms with Gasteiger partial charge in [0.05, 0.1) is 10.8 Å². The highest BCUT2D eigenvalue weighted by molar-refractivity contribution is 7.78. The fraction of sp³-hybridized carbons (Fsp3) is 0.516. The highest BCUT2D eigenvalue weighted by Gasteiger charge is 2.38. The van der Waals surface area contributed by atoms with Crippen molar-refractivity contribution in [1.82, 2.24) is 0 Å². The summed E-state index contributed by atoms with van der Waals surface area (Å²) in [6.07, 6.45) is 15.5. The van der Waals surface area contributed by atoms with E-state index < -0.39 is 0 Å². The highest BCUT2D eigenvalue weighted by atomic mass is 32.1. The molecule has 2 heteroatoms. The predicted molar refractivity (Wildman–Crippen MR) is 143 cm³/mol. The van der Waals surface area contributed by atoms with Crippen LogP contribution in [0, 0.1) is 30.6 Å². The van der Waals surface area contributed by atoms with Crippen molar-refractivity contribution in [3.05, 3.63) is 64.7 Å². The third-order valence-electron chi connectivity index (χ3n) is 8.26. The van der Waals surface area contributed by atoms with Crippen LogP contribution in [0.4, 0.5) is 5.69 Å². The van der Waals surface area contributed by atoms with Gasteiger partial charge in [0.1, 0.15) is 0 Å². The van der Waals surface area contributed by atoms with Gasteiger partial charge in [-0.3, -0.25) is 0 Å². The smallest absolute Gasteiger partial charge is 0.0743 e. The van der Waals surface area contributed by atoms with E-state index in [0.29, 0.717) is 5.41 Å². The van der Waals surface area contributed by atoms with E-state index in [1.165, 1.54) is 76.2 Å². The van der Waals surface area contributed by atoms with Crippen molar-refractivity contribution >= 4 is 23.1 Å². The molecule has 0 saturated heterocycles. The van der Waals surface area contributed by atoms with Crippen molar-refractivity contribution in [2.24, 2.45) is 16.8 Å². The molecule has 2 aromatic carbocycles. The molecule has 2 aliphatic carbocycles. The Hall–Kier alpha value is -2.20. The molecule has 0 unspecified atom stereocenters. The fourth-order valence-electron chi connectivity index (χ4n) is 6.39. The quantitative estimate of drug-likeness (QED) is 0.249. The Morgan fingerprint density at radius 1 is 0.909 bits per heavy atom. The van der Waals surface area contributed by atoms with Crippen LogP contribution < -0.4 is 0 Å². The van der Waals surface area contributed by atoms with Crippen LogP contribution in [0.3, 0.4) is 0 Å². The van der Waals surface area contributed by atoms with Crippen molar-refractivity contribution in [2.75, 3.05) is 0 Å². The first-order valence-corrected chi connectivity index (χ1v) is 13.4. The Bertz CT molecular complexity index is 1030. The molecule has 0 bridgehead atoms. The maximum Gasteiger partial charge on any atom is 0.0743 e. The summed E-state index contributed by atoms with van der Waals surface area (Å²) in [5.74, 6) is 8.68. The molecule has 0 N–H and O–H groups in total. The molecule has 0 radical (unpaired) electrons. The van der Waals surface area contributed by atoms with Gasteiger partial charge in [-0.15, -0.1) is 0 Å². The number of aryl methyl sites for hydroxylation is 1. The van der Waals surface area contributed by atoms with Gasteiger partial charge in [0.25, 0.3) is 0 Å². The lowest BCUT2D eigenvalue weighted by molar-refractivity contribution is 0.142. The van der Waals surface area contributed by atoms with Crippen LogP contribution in [0.15, 0.2) is 47.5 Å². The van der Waals surface area contributed by atoms with Gasteiger partial charge in [-0.1, -0.05) is 69.4 Å². The second-order valence-electron chi connectivity index (χ2n) is 10.3. The number of hydrogen-bond acceptors (Lipinski definition) is 2. The molecule has 2 saturated carbocycles. The SMILES string of the molecule is CCCC1(c2ccc(C#Cc3ccc(N=C=S)cc3C)cc2)CCC(C2CCCCC2)CC1. The molecular formula is C31H37NS. The van der Waals surface area contributed by atoms with Crippen LogP contribution in [0.1, 0.15) is 99.8 Å². The predicted octanol–water partition coefficient (Wildman–Crippen LogP) is 8.94. The number of hydrogen-bond donors (Lipinski definition) is 0. The third kappa shape index (κ3) is 5.84. The van der Waals surface area contributed by atoms with Crippen molar-refractivity contribution in [2.45, 2.75) is 89.9 Å². The number of rotatable bonds is 5. The van der Waals surface area contributed by atoms with Crippen molar-refractivity contribution < 1.29 is 0 Å². The molecule has 0 heterocycles. The lowest BCUT2D eigenvalue weighted by atomic mass is 9.61. The molecule has 2 aromatic rings. The summed E-state index contributed by atoms with van der Waals surface area (Å²) < 4.78 is 0. The first kappa shape index (κ1) is 23.9. The third-order valence-corrected chi connectivity index (χ3v) is 8.35. The zero-order valence-corrected chi connectivity index (χ0v) is 21.1. The molecule has 1 nitrogen and oxygen atoms in total. The average Bonchev–Trinajstić information content (AvgIpc) is 2.85. The normalized spacial score (nSPS) is 23.3. The van der Waals surface area contributed by atoms with Crippen LogP contribution in [-0.2, 0) is 5.41 Å². The van der Waals surface area contributed by atoms with Crippen molar-refractivity contribution in [1.29, 1.82) is 0 Å². The van der Waals surface area contributed by atoms with E-state index in [0.717, 1.165) is 34.2 Å². The first-order chi connectivity index (χ1) is 16.1. The van der Waals surface area contributed by atoms with Gasteiger partial charge < -0.3 is 0 Å². The minimum absolute atomic E-state index is 0.376. The van der Waals surface area contributed by atoms with Gasteiger partial charge in [0.15, 0.2) is 0 Å². The van der Waals surface area contributed by atoms with Gasteiger partial charge in [-0.2, -0.15) is 4.99 Å². The standard InChI is InChI=1S/C31H37NS/c1-3-19-31(20-17-28(18-21-31)27-7-5-4-6-8-27)29-14-10-25(11-15-29)9-12-26-13-16-30(32-23-33)22-24(26)2/h10-11,13-16,22,27-28H,3-8,17-21H2,1-2H3. The van der Waals surface area contributed by atoms with Crippen LogP contribution in [0.2, 0.25) is 0 Å². The Morgan fingerprint density at radius 3 is 2.24 bits per heavy atom. The Kier molecular flexibility index (Phi) is 8.19. The summed E-state index contributed by atoms with van der Waals surface area (Å²) in [6, 6.07) is 15.2. The van der Waals surface area contributed by atoms with E-state index in [-0.39, 0.29) is 0 Å². The van der Waals surface area contributed by atoms with Crippen molar-refractivity contribution in [3.63, 3.8) is 0 Å². The van der Waals surface area contributed by atoms with Crippen molar-refractivity contribution in [3.8, 4) is 11.8 Å². The van der Waals surface area contributed by atoms with E-state index in [2.05, 4.69) is 60.1 Å². The van der Waals surface area contributed by atoms with E-state index in [9.17, 15) is 0 Å². The summed E-state index contributed by atoms with van der Waals surface area (Å²) in [5, 5.41) is 2.42. The number of aliphatic imine (C=N–C) groups is 1. The zero-order valence-electron chi connectivity index (χ0n) is 20.3. The minimum Gasteiger partial charge on any atom is -0.195 e. The number of benzene rings is 2. The monoisotopic (exact) mass is 455 g/mol. The van der Waals surface area contributed by atoms with Gasteiger partial charge in [0.2, 0.25) is 0 Å². The van der Waals surface area contributed by atoms with E-state index in [4.69, 9.17) is 12.2 Å². The molecule has 33 heavy (non-hydrogen) atoms. The molecule has 2 fully saturated rings. The molecule has 0 spiro atoms. The summed E-state index contributed by atoms with van der Waals surface area (Å²) in [4.78, 5) is 4.05. The molecule has 172 valence electrons.